The molecule has 0 radical (unpaired) electrons. The Hall–Kier alpha value is -3.02. The van der Waals surface area contributed by atoms with Gasteiger partial charge in [0, 0.05) is 23.1 Å². The number of benzene rings is 3. The molecule has 1 N–H and O–H groups in total. The first-order valence-electron chi connectivity index (χ1n) is 10.2. The summed E-state index contributed by atoms with van der Waals surface area (Å²) in [6, 6.07) is 19.3. The lowest BCUT2D eigenvalue weighted by molar-refractivity contribution is 0.102. The number of ether oxygens (including phenoxy) is 2. The van der Waals surface area contributed by atoms with Crippen LogP contribution in [0.1, 0.15) is 44.2 Å². The number of halogens is 2. The van der Waals surface area contributed by atoms with Gasteiger partial charge in [0.15, 0.2) is 17.3 Å². The summed E-state index contributed by atoms with van der Waals surface area (Å²) >= 11 is 12.3. The zero-order chi connectivity index (χ0) is 22.3. The van der Waals surface area contributed by atoms with Gasteiger partial charge in [-0.3, -0.25) is 9.59 Å². The summed E-state index contributed by atoms with van der Waals surface area (Å²) in [6.45, 7) is 0.800. The van der Waals surface area contributed by atoms with Gasteiger partial charge in [-0.05, 0) is 30.2 Å². The summed E-state index contributed by atoms with van der Waals surface area (Å²) in [7, 11) is 0. The van der Waals surface area contributed by atoms with Crippen molar-refractivity contribution in [2.24, 2.45) is 0 Å². The first kappa shape index (κ1) is 20.9. The van der Waals surface area contributed by atoms with Gasteiger partial charge in [0.25, 0.3) is 5.91 Å². The topological polar surface area (TPSA) is 64.6 Å². The number of carbonyl (C=O) groups is 2. The zero-order valence-electron chi connectivity index (χ0n) is 16.9. The summed E-state index contributed by atoms with van der Waals surface area (Å²) in [4.78, 5) is 26.2. The van der Waals surface area contributed by atoms with Crippen LogP contribution < -0.4 is 14.8 Å². The predicted octanol–water partition coefficient (Wildman–Crippen LogP) is 5.60. The van der Waals surface area contributed by atoms with E-state index in [0.717, 1.165) is 5.56 Å². The van der Waals surface area contributed by atoms with E-state index < -0.39 is 4.33 Å². The number of anilines is 1. The molecule has 0 saturated heterocycles. The largest absolute Gasteiger partial charge is 0.486 e. The molecule has 0 spiro atoms. The van der Waals surface area contributed by atoms with Crippen LogP contribution in [0.2, 0.25) is 0 Å². The fourth-order valence-electron chi connectivity index (χ4n) is 3.76. The van der Waals surface area contributed by atoms with Gasteiger partial charge in [-0.2, -0.15) is 0 Å². The Kier molecular flexibility index (Phi) is 5.31. The van der Waals surface area contributed by atoms with Crippen LogP contribution in [0.25, 0.3) is 0 Å². The Labute approximate surface area is 195 Å². The SMILES string of the molecule is O=C(Nc1cc2c(cc1C(=O)c1ccccc1)OCCO2)c1ccc(C2CC2(Cl)Cl)cc1. The highest BCUT2D eigenvalue weighted by molar-refractivity contribution is 6.51. The second-order valence-corrected chi connectivity index (χ2v) is 9.37. The zero-order valence-corrected chi connectivity index (χ0v) is 18.5. The van der Waals surface area contributed by atoms with Crippen LogP contribution in [-0.2, 0) is 0 Å². The maximum atomic E-state index is 13.2. The van der Waals surface area contributed by atoms with Crippen molar-refractivity contribution >= 4 is 40.6 Å². The lowest BCUT2D eigenvalue weighted by Crippen LogP contribution is -2.19. The first-order chi connectivity index (χ1) is 15.4. The Bertz CT molecular complexity index is 1190. The van der Waals surface area contributed by atoms with E-state index in [1.807, 2.05) is 18.2 Å². The van der Waals surface area contributed by atoms with E-state index in [0.29, 0.717) is 53.5 Å². The molecule has 0 bridgehead atoms. The minimum Gasteiger partial charge on any atom is -0.486 e. The van der Waals surface area contributed by atoms with Crippen LogP contribution in [0.4, 0.5) is 5.69 Å². The molecule has 1 aliphatic heterocycles. The van der Waals surface area contributed by atoms with Crippen LogP contribution in [-0.4, -0.2) is 29.2 Å². The summed E-state index contributed by atoms with van der Waals surface area (Å²) in [5, 5.41) is 2.86. The number of amides is 1. The number of alkyl halides is 2. The van der Waals surface area contributed by atoms with Crippen LogP contribution in [0.5, 0.6) is 11.5 Å². The van der Waals surface area contributed by atoms with Gasteiger partial charge in [-0.15, -0.1) is 23.2 Å². The highest BCUT2D eigenvalue weighted by Crippen LogP contribution is 2.59. The first-order valence-corrected chi connectivity index (χ1v) is 11.0. The van der Waals surface area contributed by atoms with E-state index in [-0.39, 0.29) is 17.6 Å². The van der Waals surface area contributed by atoms with Crippen molar-refractivity contribution in [1.82, 2.24) is 0 Å². The summed E-state index contributed by atoms with van der Waals surface area (Å²) < 4.78 is 10.6. The van der Waals surface area contributed by atoms with Crippen LogP contribution in [0, 0.1) is 0 Å². The monoisotopic (exact) mass is 467 g/mol. The molecule has 32 heavy (non-hydrogen) atoms. The highest BCUT2D eigenvalue weighted by Gasteiger charge is 2.52. The van der Waals surface area contributed by atoms with E-state index in [1.54, 1.807) is 48.5 Å². The number of ketones is 1. The second kappa shape index (κ2) is 8.15. The molecule has 5 rings (SSSR count). The van der Waals surface area contributed by atoms with Gasteiger partial charge in [0.1, 0.15) is 17.5 Å². The molecule has 1 heterocycles. The second-order valence-electron chi connectivity index (χ2n) is 7.83. The Morgan fingerprint density at radius 2 is 1.50 bits per heavy atom. The predicted molar refractivity (Wildman–Crippen MR) is 123 cm³/mol. The lowest BCUT2D eigenvalue weighted by atomic mass is 10.00. The fourth-order valence-corrected chi connectivity index (χ4v) is 4.32. The molecular weight excluding hydrogens is 449 g/mol. The normalized spacial score (nSPS) is 18.0. The third-order valence-electron chi connectivity index (χ3n) is 5.61. The molecule has 5 nitrogen and oxygen atoms in total. The minimum atomic E-state index is -0.721. The van der Waals surface area contributed by atoms with Gasteiger partial charge in [-0.25, -0.2) is 0 Å². The Morgan fingerprint density at radius 3 is 2.12 bits per heavy atom. The van der Waals surface area contributed by atoms with Crippen molar-refractivity contribution in [1.29, 1.82) is 0 Å². The molecule has 7 heteroatoms. The number of hydrogen-bond donors (Lipinski definition) is 1. The van der Waals surface area contributed by atoms with E-state index in [4.69, 9.17) is 32.7 Å². The third kappa shape index (κ3) is 4.06. The Morgan fingerprint density at radius 1 is 0.875 bits per heavy atom. The molecule has 1 fully saturated rings. The maximum absolute atomic E-state index is 13.2. The minimum absolute atomic E-state index is 0.0795. The van der Waals surface area contributed by atoms with E-state index >= 15 is 0 Å². The molecule has 162 valence electrons. The van der Waals surface area contributed by atoms with E-state index in [1.165, 1.54) is 0 Å². The fraction of sp³-hybridized carbons (Fsp3) is 0.200. The van der Waals surface area contributed by atoms with Gasteiger partial charge in [0.05, 0.1) is 11.3 Å². The molecule has 0 aromatic heterocycles. The smallest absolute Gasteiger partial charge is 0.255 e. The van der Waals surface area contributed by atoms with Crippen molar-refractivity contribution in [2.75, 3.05) is 18.5 Å². The van der Waals surface area contributed by atoms with Gasteiger partial charge < -0.3 is 14.8 Å². The number of hydrogen-bond acceptors (Lipinski definition) is 4. The average Bonchev–Trinajstić information content (AvgIpc) is 3.46. The molecule has 1 saturated carbocycles. The van der Waals surface area contributed by atoms with Gasteiger partial charge in [0.2, 0.25) is 0 Å². The molecule has 1 aliphatic carbocycles. The lowest BCUT2D eigenvalue weighted by Gasteiger charge is -2.21. The van der Waals surface area contributed by atoms with Crippen molar-refractivity contribution in [2.45, 2.75) is 16.7 Å². The van der Waals surface area contributed by atoms with Crippen molar-refractivity contribution in [3.05, 3.63) is 89.0 Å². The number of fused-ring (bicyclic) bond motifs is 1. The van der Waals surface area contributed by atoms with E-state index in [2.05, 4.69) is 5.32 Å². The summed E-state index contributed by atoms with van der Waals surface area (Å²) in [5.41, 5.74) is 2.65. The molecule has 1 atom stereocenters. The highest BCUT2D eigenvalue weighted by atomic mass is 35.5. The molecular formula is C25H19Cl2NO4. The van der Waals surface area contributed by atoms with Gasteiger partial charge >= 0.3 is 0 Å². The van der Waals surface area contributed by atoms with Crippen molar-refractivity contribution in [3.63, 3.8) is 0 Å². The molecule has 3 aromatic rings. The number of carbonyl (C=O) groups excluding carboxylic acids is 2. The molecule has 1 unspecified atom stereocenters. The average molecular weight is 468 g/mol. The molecule has 3 aromatic carbocycles. The Balaban J connectivity index is 1.44. The van der Waals surface area contributed by atoms with Crippen molar-refractivity contribution < 1.29 is 19.1 Å². The molecule has 1 amide bonds. The van der Waals surface area contributed by atoms with Gasteiger partial charge in [-0.1, -0.05) is 42.5 Å². The summed E-state index contributed by atoms with van der Waals surface area (Å²) in [6.07, 6.45) is 0.698. The number of nitrogens with one attached hydrogen (secondary N) is 1. The standard InChI is InChI=1S/C25H19Cl2NO4/c26-25(27)14-19(25)15-6-8-17(9-7-15)24(30)28-20-13-22-21(31-10-11-32-22)12-18(20)23(29)16-4-2-1-3-5-16/h1-9,12-13,19H,10-11,14H2,(H,28,30). The number of rotatable bonds is 5. The maximum Gasteiger partial charge on any atom is 0.255 e. The third-order valence-corrected chi connectivity index (χ3v) is 6.45. The van der Waals surface area contributed by atoms with Crippen LogP contribution >= 0.6 is 23.2 Å². The van der Waals surface area contributed by atoms with Crippen LogP contribution in [0.3, 0.4) is 0 Å². The quantitative estimate of drug-likeness (QED) is 0.391. The van der Waals surface area contributed by atoms with E-state index in [9.17, 15) is 9.59 Å². The van der Waals surface area contributed by atoms with Crippen molar-refractivity contribution in [3.8, 4) is 11.5 Å². The molecule has 2 aliphatic rings. The summed E-state index contributed by atoms with van der Waals surface area (Å²) in [5.74, 6) is 0.487. The van der Waals surface area contributed by atoms with Crippen LogP contribution in [0.15, 0.2) is 66.7 Å².